The van der Waals surface area contributed by atoms with Gasteiger partial charge in [-0.15, -0.1) is 0 Å². The maximum Gasteiger partial charge on any atom is 0.0294 e. The quantitative estimate of drug-likeness (QED) is 0.819. The van der Waals surface area contributed by atoms with Gasteiger partial charge in [0, 0.05) is 6.04 Å². The standard InChI is InChI=1S/C20H27N/c1-20(2,3)18-14-12-17(13-15-18)19(21)11-7-10-16-8-5-4-6-9-16/h4-6,8-9,12-15,19H,7,10-11,21H2,1-3H3. The summed E-state index contributed by atoms with van der Waals surface area (Å²) >= 11 is 0. The Morgan fingerprint density at radius 3 is 2.10 bits per heavy atom. The zero-order chi connectivity index (χ0) is 15.3. The summed E-state index contributed by atoms with van der Waals surface area (Å²) in [6, 6.07) is 19.6. The summed E-state index contributed by atoms with van der Waals surface area (Å²) in [4.78, 5) is 0. The Morgan fingerprint density at radius 1 is 0.905 bits per heavy atom. The van der Waals surface area contributed by atoms with Crippen LogP contribution in [0.5, 0.6) is 0 Å². The van der Waals surface area contributed by atoms with Gasteiger partial charge in [-0.2, -0.15) is 0 Å². The van der Waals surface area contributed by atoms with Crippen molar-refractivity contribution in [3.63, 3.8) is 0 Å². The number of benzene rings is 2. The van der Waals surface area contributed by atoms with Crippen molar-refractivity contribution in [1.82, 2.24) is 0 Å². The fraction of sp³-hybridized carbons (Fsp3) is 0.400. The van der Waals surface area contributed by atoms with Crippen LogP contribution in [0.1, 0.15) is 56.3 Å². The van der Waals surface area contributed by atoms with E-state index in [9.17, 15) is 0 Å². The first-order chi connectivity index (χ1) is 9.97. The molecule has 2 aromatic rings. The van der Waals surface area contributed by atoms with E-state index in [4.69, 9.17) is 5.73 Å². The lowest BCUT2D eigenvalue weighted by Gasteiger charge is -2.20. The third-order valence-electron chi connectivity index (χ3n) is 4.03. The first-order valence-corrected chi connectivity index (χ1v) is 7.87. The van der Waals surface area contributed by atoms with E-state index >= 15 is 0 Å². The highest BCUT2D eigenvalue weighted by Gasteiger charge is 2.14. The van der Waals surface area contributed by atoms with Gasteiger partial charge in [0.15, 0.2) is 0 Å². The van der Waals surface area contributed by atoms with Crippen LogP contribution in [0.2, 0.25) is 0 Å². The summed E-state index contributed by atoms with van der Waals surface area (Å²) in [6.07, 6.45) is 3.27. The monoisotopic (exact) mass is 281 g/mol. The third kappa shape index (κ3) is 4.71. The smallest absolute Gasteiger partial charge is 0.0294 e. The molecule has 0 bridgehead atoms. The fourth-order valence-electron chi connectivity index (χ4n) is 2.57. The van der Waals surface area contributed by atoms with Gasteiger partial charge >= 0.3 is 0 Å². The van der Waals surface area contributed by atoms with Crippen LogP contribution in [0.15, 0.2) is 54.6 Å². The van der Waals surface area contributed by atoms with Crippen LogP contribution >= 0.6 is 0 Å². The molecule has 1 heteroatoms. The minimum absolute atomic E-state index is 0.141. The maximum absolute atomic E-state index is 6.32. The third-order valence-corrected chi connectivity index (χ3v) is 4.03. The Labute approximate surface area is 129 Å². The molecule has 2 rings (SSSR count). The van der Waals surface area contributed by atoms with Crippen molar-refractivity contribution in [3.8, 4) is 0 Å². The Hall–Kier alpha value is -1.60. The molecule has 0 aromatic heterocycles. The molecule has 2 N–H and O–H groups in total. The highest BCUT2D eigenvalue weighted by molar-refractivity contribution is 5.29. The largest absolute Gasteiger partial charge is 0.324 e. The maximum atomic E-state index is 6.32. The zero-order valence-electron chi connectivity index (χ0n) is 13.5. The number of hydrogen-bond donors (Lipinski definition) is 1. The van der Waals surface area contributed by atoms with Gasteiger partial charge in [0.2, 0.25) is 0 Å². The van der Waals surface area contributed by atoms with E-state index < -0.39 is 0 Å². The number of nitrogens with two attached hydrogens (primary N) is 1. The van der Waals surface area contributed by atoms with Gasteiger partial charge < -0.3 is 5.73 Å². The van der Waals surface area contributed by atoms with Gasteiger partial charge in [0.25, 0.3) is 0 Å². The normalized spacial score (nSPS) is 13.1. The number of hydrogen-bond acceptors (Lipinski definition) is 1. The number of rotatable bonds is 5. The predicted molar refractivity (Wildman–Crippen MR) is 91.5 cm³/mol. The van der Waals surface area contributed by atoms with E-state index in [0.29, 0.717) is 0 Å². The minimum atomic E-state index is 0.141. The first-order valence-electron chi connectivity index (χ1n) is 7.87. The minimum Gasteiger partial charge on any atom is -0.324 e. The average molecular weight is 281 g/mol. The molecule has 0 aliphatic rings. The van der Waals surface area contributed by atoms with Crippen molar-refractivity contribution in [3.05, 3.63) is 71.3 Å². The van der Waals surface area contributed by atoms with Crippen molar-refractivity contribution in [1.29, 1.82) is 0 Å². The van der Waals surface area contributed by atoms with Crippen molar-refractivity contribution in [2.75, 3.05) is 0 Å². The predicted octanol–water partition coefficient (Wildman–Crippen LogP) is 5.01. The zero-order valence-corrected chi connectivity index (χ0v) is 13.5. The molecule has 0 spiro atoms. The molecule has 21 heavy (non-hydrogen) atoms. The second-order valence-electron chi connectivity index (χ2n) is 6.86. The molecule has 1 atom stereocenters. The van der Waals surface area contributed by atoms with Crippen LogP contribution in [0.25, 0.3) is 0 Å². The molecule has 112 valence electrons. The van der Waals surface area contributed by atoms with E-state index in [1.54, 1.807) is 0 Å². The van der Waals surface area contributed by atoms with Crippen LogP contribution in [0.4, 0.5) is 0 Å². The second-order valence-corrected chi connectivity index (χ2v) is 6.86. The van der Waals surface area contributed by atoms with Gasteiger partial charge in [-0.3, -0.25) is 0 Å². The molecule has 0 aliphatic carbocycles. The van der Waals surface area contributed by atoms with Crippen molar-refractivity contribution in [2.45, 2.75) is 51.5 Å². The van der Waals surface area contributed by atoms with Gasteiger partial charge in [0.1, 0.15) is 0 Å². The number of aryl methyl sites for hydroxylation is 1. The molecule has 1 nitrogen and oxygen atoms in total. The highest BCUT2D eigenvalue weighted by Crippen LogP contribution is 2.24. The Morgan fingerprint density at radius 2 is 1.52 bits per heavy atom. The van der Waals surface area contributed by atoms with Gasteiger partial charge in [-0.1, -0.05) is 75.4 Å². The second kappa shape index (κ2) is 6.91. The summed E-state index contributed by atoms with van der Waals surface area (Å²) in [7, 11) is 0. The molecular weight excluding hydrogens is 254 g/mol. The molecule has 0 fully saturated rings. The molecule has 0 aliphatic heterocycles. The molecule has 0 radical (unpaired) electrons. The van der Waals surface area contributed by atoms with Gasteiger partial charge in [0.05, 0.1) is 0 Å². The van der Waals surface area contributed by atoms with E-state index in [1.807, 2.05) is 0 Å². The summed E-state index contributed by atoms with van der Waals surface area (Å²) in [5.41, 5.74) is 10.5. The summed E-state index contributed by atoms with van der Waals surface area (Å²) in [5.74, 6) is 0. The SMILES string of the molecule is CC(C)(C)c1ccc(C(N)CCCc2ccccc2)cc1. The average Bonchev–Trinajstić information content (AvgIpc) is 2.47. The van der Waals surface area contributed by atoms with E-state index in [1.165, 1.54) is 16.7 Å². The summed E-state index contributed by atoms with van der Waals surface area (Å²) in [5, 5.41) is 0. The Kier molecular flexibility index (Phi) is 5.19. The van der Waals surface area contributed by atoms with Crippen molar-refractivity contribution < 1.29 is 0 Å². The van der Waals surface area contributed by atoms with Crippen molar-refractivity contribution in [2.24, 2.45) is 5.73 Å². The Balaban J connectivity index is 1.87. The van der Waals surface area contributed by atoms with E-state index in [2.05, 4.69) is 75.4 Å². The lowest BCUT2D eigenvalue weighted by molar-refractivity contribution is 0.586. The topological polar surface area (TPSA) is 26.0 Å². The van der Waals surface area contributed by atoms with E-state index in [0.717, 1.165) is 19.3 Å². The summed E-state index contributed by atoms with van der Waals surface area (Å²) in [6.45, 7) is 6.71. The van der Waals surface area contributed by atoms with Gasteiger partial charge in [-0.05, 0) is 41.4 Å². The fourth-order valence-corrected chi connectivity index (χ4v) is 2.57. The highest BCUT2D eigenvalue weighted by atomic mass is 14.6. The van der Waals surface area contributed by atoms with Crippen LogP contribution in [0, 0.1) is 0 Å². The Bertz CT molecular complexity index is 534. The van der Waals surface area contributed by atoms with E-state index in [-0.39, 0.29) is 11.5 Å². The summed E-state index contributed by atoms with van der Waals surface area (Å²) < 4.78 is 0. The molecule has 1 unspecified atom stereocenters. The lowest BCUT2D eigenvalue weighted by atomic mass is 9.86. The van der Waals surface area contributed by atoms with Crippen LogP contribution < -0.4 is 5.73 Å². The first kappa shape index (κ1) is 15.8. The molecule has 0 saturated heterocycles. The lowest BCUT2D eigenvalue weighted by Crippen LogP contribution is -2.13. The van der Waals surface area contributed by atoms with Crippen LogP contribution in [-0.4, -0.2) is 0 Å². The molecule has 0 saturated carbocycles. The molecule has 0 heterocycles. The van der Waals surface area contributed by atoms with Crippen LogP contribution in [0.3, 0.4) is 0 Å². The van der Waals surface area contributed by atoms with Crippen LogP contribution in [-0.2, 0) is 11.8 Å². The molecular formula is C20H27N. The molecule has 0 amide bonds. The van der Waals surface area contributed by atoms with Gasteiger partial charge in [-0.25, -0.2) is 0 Å². The van der Waals surface area contributed by atoms with Crippen molar-refractivity contribution >= 4 is 0 Å². The molecule has 2 aromatic carbocycles.